The molecule has 1 aromatic carbocycles. The van der Waals surface area contributed by atoms with E-state index in [1.165, 1.54) is 0 Å². The molecule has 0 spiro atoms. The van der Waals surface area contributed by atoms with Crippen LogP contribution in [0.5, 0.6) is 0 Å². The molecule has 0 bridgehead atoms. The Morgan fingerprint density at radius 1 is 1.25 bits per heavy atom. The number of aryl methyl sites for hydroxylation is 1. The van der Waals surface area contributed by atoms with E-state index in [0.29, 0.717) is 11.1 Å². The van der Waals surface area contributed by atoms with Gasteiger partial charge in [0.25, 0.3) is 0 Å². The fourth-order valence-corrected chi connectivity index (χ4v) is 2.30. The standard InChI is InChI=1S/C13H19Cl2N/c1-2-4-12(16)6-3-5-10-7-8-11(14)9-13(10)15/h7-9,12H,2-6,16H2,1H3. The van der Waals surface area contributed by atoms with E-state index in [2.05, 4.69) is 6.92 Å². The smallest absolute Gasteiger partial charge is 0.0452 e. The molecule has 0 fully saturated rings. The summed E-state index contributed by atoms with van der Waals surface area (Å²) in [5.74, 6) is 0. The minimum Gasteiger partial charge on any atom is -0.328 e. The van der Waals surface area contributed by atoms with Crippen LogP contribution in [0.1, 0.15) is 38.2 Å². The van der Waals surface area contributed by atoms with Gasteiger partial charge in [-0.25, -0.2) is 0 Å². The van der Waals surface area contributed by atoms with E-state index in [1.54, 1.807) is 6.07 Å². The lowest BCUT2D eigenvalue weighted by atomic mass is 10.0. The molecule has 1 unspecified atom stereocenters. The molecule has 1 atom stereocenters. The first-order valence-electron chi connectivity index (χ1n) is 5.83. The molecule has 0 saturated carbocycles. The molecule has 1 rings (SSSR count). The number of benzene rings is 1. The second kappa shape index (κ2) is 7.16. The van der Waals surface area contributed by atoms with Crippen molar-refractivity contribution in [3.8, 4) is 0 Å². The molecule has 16 heavy (non-hydrogen) atoms. The van der Waals surface area contributed by atoms with Crippen LogP contribution in [0.15, 0.2) is 18.2 Å². The SMILES string of the molecule is CCCC(N)CCCc1ccc(Cl)cc1Cl. The van der Waals surface area contributed by atoms with Crippen molar-refractivity contribution in [2.75, 3.05) is 0 Å². The lowest BCUT2D eigenvalue weighted by Crippen LogP contribution is -2.19. The van der Waals surface area contributed by atoms with Crippen LogP contribution in [-0.4, -0.2) is 6.04 Å². The van der Waals surface area contributed by atoms with Gasteiger partial charge in [0.2, 0.25) is 0 Å². The van der Waals surface area contributed by atoms with Crippen LogP contribution in [-0.2, 0) is 6.42 Å². The van der Waals surface area contributed by atoms with Gasteiger partial charge in [0, 0.05) is 16.1 Å². The average molecular weight is 260 g/mol. The van der Waals surface area contributed by atoms with Crippen LogP contribution in [0.2, 0.25) is 10.0 Å². The molecular formula is C13H19Cl2N. The monoisotopic (exact) mass is 259 g/mol. The highest BCUT2D eigenvalue weighted by molar-refractivity contribution is 6.35. The van der Waals surface area contributed by atoms with Crippen molar-refractivity contribution in [3.05, 3.63) is 33.8 Å². The largest absolute Gasteiger partial charge is 0.328 e. The third-order valence-electron chi connectivity index (χ3n) is 2.70. The Hall–Kier alpha value is -0.240. The molecular weight excluding hydrogens is 241 g/mol. The fraction of sp³-hybridized carbons (Fsp3) is 0.538. The summed E-state index contributed by atoms with van der Waals surface area (Å²) >= 11 is 11.9. The molecule has 0 aromatic heterocycles. The predicted molar refractivity (Wildman–Crippen MR) is 72.3 cm³/mol. The maximum atomic E-state index is 6.09. The minimum atomic E-state index is 0.330. The van der Waals surface area contributed by atoms with Gasteiger partial charge in [0.15, 0.2) is 0 Å². The maximum absolute atomic E-state index is 6.09. The zero-order valence-corrected chi connectivity index (χ0v) is 11.2. The first-order valence-corrected chi connectivity index (χ1v) is 6.58. The summed E-state index contributed by atoms with van der Waals surface area (Å²) in [7, 11) is 0. The van der Waals surface area contributed by atoms with Gasteiger partial charge >= 0.3 is 0 Å². The lowest BCUT2D eigenvalue weighted by molar-refractivity contribution is 0.539. The van der Waals surface area contributed by atoms with Crippen molar-refractivity contribution in [1.29, 1.82) is 0 Å². The van der Waals surface area contributed by atoms with E-state index in [1.807, 2.05) is 12.1 Å². The molecule has 90 valence electrons. The average Bonchev–Trinajstić information content (AvgIpc) is 2.22. The zero-order chi connectivity index (χ0) is 12.0. The minimum absolute atomic E-state index is 0.330. The number of hydrogen-bond donors (Lipinski definition) is 1. The first-order chi connectivity index (χ1) is 7.63. The first kappa shape index (κ1) is 13.8. The van der Waals surface area contributed by atoms with Crippen LogP contribution in [0.3, 0.4) is 0 Å². The van der Waals surface area contributed by atoms with Crippen molar-refractivity contribution in [2.45, 2.75) is 45.1 Å². The Labute approximate surface area is 108 Å². The van der Waals surface area contributed by atoms with Crippen molar-refractivity contribution in [2.24, 2.45) is 5.73 Å². The molecule has 0 heterocycles. The predicted octanol–water partition coefficient (Wildman–Crippen LogP) is 4.44. The van der Waals surface area contributed by atoms with Gasteiger partial charge in [-0.15, -0.1) is 0 Å². The lowest BCUT2D eigenvalue weighted by Gasteiger charge is -2.10. The summed E-state index contributed by atoms with van der Waals surface area (Å²) in [5, 5.41) is 1.45. The Bertz CT molecular complexity index is 326. The van der Waals surface area contributed by atoms with Crippen LogP contribution in [0.25, 0.3) is 0 Å². The Balaban J connectivity index is 2.37. The topological polar surface area (TPSA) is 26.0 Å². The second-order valence-corrected chi connectivity index (χ2v) is 5.02. The molecule has 0 aliphatic heterocycles. The maximum Gasteiger partial charge on any atom is 0.0452 e. The van der Waals surface area contributed by atoms with E-state index < -0.39 is 0 Å². The van der Waals surface area contributed by atoms with Gasteiger partial charge in [-0.1, -0.05) is 42.6 Å². The van der Waals surface area contributed by atoms with Gasteiger partial charge in [-0.2, -0.15) is 0 Å². The van der Waals surface area contributed by atoms with Crippen molar-refractivity contribution < 1.29 is 0 Å². The summed E-state index contributed by atoms with van der Waals surface area (Å²) in [6.07, 6.45) is 5.39. The molecule has 1 aromatic rings. The molecule has 1 nitrogen and oxygen atoms in total. The van der Waals surface area contributed by atoms with Crippen LogP contribution < -0.4 is 5.73 Å². The van der Waals surface area contributed by atoms with Crippen molar-refractivity contribution in [1.82, 2.24) is 0 Å². The van der Waals surface area contributed by atoms with Crippen molar-refractivity contribution >= 4 is 23.2 Å². The molecule has 0 radical (unpaired) electrons. The fourth-order valence-electron chi connectivity index (χ4n) is 1.79. The summed E-state index contributed by atoms with van der Waals surface area (Å²) in [6, 6.07) is 6.01. The van der Waals surface area contributed by atoms with Gasteiger partial charge in [-0.05, 0) is 43.4 Å². The Morgan fingerprint density at radius 2 is 2.00 bits per heavy atom. The Morgan fingerprint density at radius 3 is 2.62 bits per heavy atom. The van der Waals surface area contributed by atoms with Gasteiger partial charge in [-0.3, -0.25) is 0 Å². The Kier molecular flexibility index (Phi) is 6.18. The summed E-state index contributed by atoms with van der Waals surface area (Å²) in [6.45, 7) is 2.16. The highest BCUT2D eigenvalue weighted by Crippen LogP contribution is 2.22. The molecule has 0 aliphatic carbocycles. The summed E-state index contributed by atoms with van der Waals surface area (Å²) < 4.78 is 0. The number of rotatable bonds is 6. The van der Waals surface area contributed by atoms with Crippen LogP contribution >= 0.6 is 23.2 Å². The van der Waals surface area contributed by atoms with Gasteiger partial charge < -0.3 is 5.73 Å². The third kappa shape index (κ3) is 4.73. The van der Waals surface area contributed by atoms with E-state index in [9.17, 15) is 0 Å². The van der Waals surface area contributed by atoms with Crippen LogP contribution in [0.4, 0.5) is 0 Å². The van der Waals surface area contributed by atoms with Gasteiger partial charge in [0.1, 0.15) is 0 Å². The van der Waals surface area contributed by atoms with Gasteiger partial charge in [0.05, 0.1) is 0 Å². The highest BCUT2D eigenvalue weighted by atomic mass is 35.5. The number of hydrogen-bond acceptors (Lipinski definition) is 1. The third-order valence-corrected chi connectivity index (χ3v) is 3.28. The normalized spacial score (nSPS) is 12.8. The molecule has 2 N–H and O–H groups in total. The zero-order valence-electron chi connectivity index (χ0n) is 9.68. The summed E-state index contributed by atoms with van der Waals surface area (Å²) in [5.41, 5.74) is 7.12. The molecule has 0 amide bonds. The molecule has 0 saturated heterocycles. The summed E-state index contributed by atoms with van der Waals surface area (Å²) in [4.78, 5) is 0. The van der Waals surface area contributed by atoms with E-state index in [0.717, 1.165) is 42.7 Å². The quantitative estimate of drug-likeness (QED) is 0.803. The van der Waals surface area contributed by atoms with E-state index in [4.69, 9.17) is 28.9 Å². The van der Waals surface area contributed by atoms with E-state index >= 15 is 0 Å². The second-order valence-electron chi connectivity index (χ2n) is 4.18. The van der Waals surface area contributed by atoms with Crippen LogP contribution in [0, 0.1) is 0 Å². The number of halogens is 2. The molecule has 3 heteroatoms. The van der Waals surface area contributed by atoms with E-state index in [-0.39, 0.29) is 0 Å². The molecule has 0 aliphatic rings. The number of nitrogens with two attached hydrogens (primary N) is 1. The van der Waals surface area contributed by atoms with Crippen molar-refractivity contribution in [3.63, 3.8) is 0 Å². The highest BCUT2D eigenvalue weighted by Gasteiger charge is 2.04.